The van der Waals surface area contributed by atoms with Crippen molar-refractivity contribution in [3.05, 3.63) is 36.5 Å². The number of esters is 2. The van der Waals surface area contributed by atoms with E-state index in [1.54, 1.807) is 0 Å². The monoisotopic (exact) mass is 1260 g/mol. The first-order valence-electron chi connectivity index (χ1n) is 38.7. The quantitative estimate of drug-likeness (QED) is 0.0211. The molecule has 0 aromatic carbocycles. The fraction of sp³-hybridized carbons (Fsp3) is 0.897. The highest BCUT2D eigenvalue weighted by Crippen LogP contribution is 2.43. The Morgan fingerprint density at radius 1 is 0.352 bits per heavy atom. The molecule has 0 fully saturated rings. The molecule has 0 saturated heterocycles. The van der Waals surface area contributed by atoms with Gasteiger partial charge in [0, 0.05) is 12.8 Å². The lowest BCUT2D eigenvalue weighted by Gasteiger charge is -2.24. The summed E-state index contributed by atoms with van der Waals surface area (Å²) in [5.74, 6) is -0.773. The number of phosphoric ester groups is 1. The number of quaternary nitrogens is 1. The molecule has 0 amide bonds. The summed E-state index contributed by atoms with van der Waals surface area (Å²) >= 11 is 0. The Kier molecular flexibility index (Phi) is 68.2. The van der Waals surface area contributed by atoms with Crippen molar-refractivity contribution in [2.45, 2.75) is 405 Å². The largest absolute Gasteiger partial charge is 0.472 e. The summed E-state index contributed by atoms with van der Waals surface area (Å²) in [7, 11) is 1.50. The minimum absolute atomic E-state index is 0.0351. The van der Waals surface area contributed by atoms with Gasteiger partial charge in [-0.15, -0.1) is 0 Å². The molecule has 520 valence electrons. The zero-order chi connectivity index (χ0) is 64.1. The van der Waals surface area contributed by atoms with Gasteiger partial charge in [-0.3, -0.25) is 18.6 Å². The summed E-state index contributed by atoms with van der Waals surface area (Å²) in [5, 5.41) is 0. The molecule has 1 N–H and O–H groups in total. The molecule has 0 aliphatic heterocycles. The predicted molar refractivity (Wildman–Crippen MR) is 381 cm³/mol. The zero-order valence-electron chi connectivity index (χ0n) is 59.5. The van der Waals surface area contributed by atoms with Crippen LogP contribution in [0.4, 0.5) is 0 Å². The van der Waals surface area contributed by atoms with E-state index in [4.69, 9.17) is 18.5 Å². The van der Waals surface area contributed by atoms with Gasteiger partial charge in [0.1, 0.15) is 19.8 Å². The smallest absolute Gasteiger partial charge is 0.462 e. The molecule has 9 nitrogen and oxygen atoms in total. The van der Waals surface area contributed by atoms with E-state index < -0.39 is 26.5 Å². The Hall–Kier alpha value is -1.77. The lowest BCUT2D eigenvalue weighted by molar-refractivity contribution is -0.870. The molecule has 0 saturated carbocycles. The lowest BCUT2D eigenvalue weighted by Crippen LogP contribution is -2.37. The van der Waals surface area contributed by atoms with Crippen LogP contribution < -0.4 is 0 Å². The van der Waals surface area contributed by atoms with E-state index in [1.165, 1.54) is 327 Å². The summed E-state index contributed by atoms with van der Waals surface area (Å²) in [6.45, 7) is 4.50. The number of hydrogen-bond donors (Lipinski definition) is 1. The predicted octanol–water partition coefficient (Wildman–Crippen LogP) is 25.4. The third-order valence-electron chi connectivity index (χ3n) is 17.6. The summed E-state index contributed by atoms with van der Waals surface area (Å²) in [4.78, 5) is 35.9. The van der Waals surface area contributed by atoms with Crippen molar-refractivity contribution >= 4 is 19.8 Å². The molecule has 0 aliphatic carbocycles. The first-order chi connectivity index (χ1) is 43.0. The van der Waals surface area contributed by atoms with Crippen LogP contribution in [0.15, 0.2) is 36.5 Å². The highest BCUT2D eigenvalue weighted by molar-refractivity contribution is 7.47. The van der Waals surface area contributed by atoms with E-state index in [9.17, 15) is 19.0 Å². The van der Waals surface area contributed by atoms with Crippen LogP contribution in [0.5, 0.6) is 0 Å². The van der Waals surface area contributed by atoms with Crippen LogP contribution in [-0.4, -0.2) is 74.9 Å². The summed E-state index contributed by atoms with van der Waals surface area (Å²) in [5.41, 5.74) is 0. The topological polar surface area (TPSA) is 108 Å². The van der Waals surface area contributed by atoms with Crippen LogP contribution >= 0.6 is 7.82 Å². The van der Waals surface area contributed by atoms with E-state index in [0.717, 1.165) is 38.5 Å². The number of carbonyl (C=O) groups excluding carboxylic acids is 2. The number of ether oxygens (including phenoxy) is 2. The minimum atomic E-state index is -4.39. The number of phosphoric acid groups is 1. The van der Waals surface area contributed by atoms with Crippen molar-refractivity contribution in [3.8, 4) is 0 Å². The maximum absolute atomic E-state index is 12.9. The van der Waals surface area contributed by atoms with Gasteiger partial charge in [-0.2, -0.15) is 0 Å². The van der Waals surface area contributed by atoms with Crippen molar-refractivity contribution in [1.82, 2.24) is 0 Å². The van der Waals surface area contributed by atoms with Crippen LogP contribution in [0.3, 0.4) is 0 Å². The average molecular weight is 1260 g/mol. The Morgan fingerprint density at radius 2 is 0.614 bits per heavy atom. The Balaban J connectivity index is 3.92. The Bertz CT molecular complexity index is 1580. The first-order valence-corrected chi connectivity index (χ1v) is 40.2. The number of allylic oxidation sites excluding steroid dienone is 6. The number of likely N-dealkylation sites (N-methyl/N-ethyl adjacent to an activating group) is 1. The second-order valence-electron chi connectivity index (χ2n) is 27.7. The molecule has 0 aromatic rings. The molecular formula is C78H151NO8P+. The van der Waals surface area contributed by atoms with Gasteiger partial charge in [0.25, 0.3) is 0 Å². The second-order valence-corrected chi connectivity index (χ2v) is 29.2. The van der Waals surface area contributed by atoms with Gasteiger partial charge in [0.2, 0.25) is 0 Å². The minimum Gasteiger partial charge on any atom is -0.462 e. The van der Waals surface area contributed by atoms with Crippen molar-refractivity contribution in [2.75, 3.05) is 47.5 Å². The van der Waals surface area contributed by atoms with Crippen molar-refractivity contribution in [2.24, 2.45) is 0 Å². The van der Waals surface area contributed by atoms with Gasteiger partial charge in [-0.25, -0.2) is 4.57 Å². The average Bonchev–Trinajstić information content (AvgIpc) is 3.68. The third-order valence-corrected chi connectivity index (χ3v) is 18.6. The molecular weight excluding hydrogens is 1110 g/mol. The highest BCUT2D eigenvalue weighted by Gasteiger charge is 2.27. The second kappa shape index (κ2) is 69.6. The molecule has 0 bridgehead atoms. The molecule has 2 unspecified atom stereocenters. The number of carbonyl (C=O) groups is 2. The molecule has 0 heterocycles. The normalized spacial score (nSPS) is 13.2. The molecule has 0 radical (unpaired) electrons. The number of rotatable bonds is 73. The summed E-state index contributed by atoms with van der Waals surface area (Å²) in [6.07, 6.45) is 90.0. The Morgan fingerprint density at radius 3 is 0.909 bits per heavy atom. The first kappa shape index (κ1) is 86.2. The van der Waals surface area contributed by atoms with E-state index in [-0.39, 0.29) is 25.6 Å². The standard InChI is InChI=1S/C78H150NO8P/c1-6-8-10-12-14-16-18-20-22-24-26-28-30-32-34-35-36-37-38-39-40-41-42-43-45-47-49-51-53-55-57-59-61-63-65-67-69-71-78(81)87-76(75-86-88(82,83)85-73-72-79(3,4)5)74-84-77(80)70-68-66-64-62-60-58-56-54-52-50-48-46-44-33-31-29-27-25-23-21-19-17-15-13-11-9-7-2/h18,20,24-27,76H,6-17,19,21-23,28-75H2,1-5H3/p+1/b20-18-,26-24-,27-25-. The van der Waals surface area contributed by atoms with E-state index in [0.29, 0.717) is 23.9 Å². The van der Waals surface area contributed by atoms with Crippen molar-refractivity contribution < 1.29 is 42.1 Å². The van der Waals surface area contributed by atoms with Crippen LogP contribution in [0.2, 0.25) is 0 Å². The fourth-order valence-electron chi connectivity index (χ4n) is 11.7. The van der Waals surface area contributed by atoms with Crippen LogP contribution in [0.1, 0.15) is 399 Å². The maximum atomic E-state index is 12.9. The summed E-state index contributed by atoms with van der Waals surface area (Å²) < 4.78 is 34.8. The van der Waals surface area contributed by atoms with Gasteiger partial charge in [-0.05, 0) is 70.6 Å². The van der Waals surface area contributed by atoms with E-state index in [2.05, 4.69) is 50.3 Å². The van der Waals surface area contributed by atoms with Crippen molar-refractivity contribution in [3.63, 3.8) is 0 Å². The van der Waals surface area contributed by atoms with Gasteiger partial charge < -0.3 is 18.9 Å². The highest BCUT2D eigenvalue weighted by atomic mass is 31.2. The van der Waals surface area contributed by atoms with Gasteiger partial charge >= 0.3 is 19.8 Å². The zero-order valence-corrected chi connectivity index (χ0v) is 60.4. The number of hydrogen-bond acceptors (Lipinski definition) is 7. The molecule has 88 heavy (non-hydrogen) atoms. The molecule has 0 rings (SSSR count). The molecule has 0 aromatic heterocycles. The van der Waals surface area contributed by atoms with Gasteiger partial charge in [0.05, 0.1) is 27.7 Å². The summed E-state index contributed by atoms with van der Waals surface area (Å²) in [6, 6.07) is 0. The van der Waals surface area contributed by atoms with Crippen LogP contribution in [-0.2, 0) is 32.7 Å². The number of unbranched alkanes of at least 4 members (excludes halogenated alkanes) is 53. The molecule has 0 aliphatic rings. The van der Waals surface area contributed by atoms with Crippen molar-refractivity contribution in [1.29, 1.82) is 0 Å². The number of nitrogens with zero attached hydrogens (tertiary/aromatic N) is 1. The molecule has 2 atom stereocenters. The lowest BCUT2D eigenvalue weighted by atomic mass is 10.0. The SMILES string of the molecule is CCCCCCC/C=C\C/C=C\CCCCCCCCCCCCCCCCCCCCCCCCCCCC(=O)OC(COC(=O)CCCCCCCCCCCCCCCCC/C=C\CCCCCCCCCC)COP(=O)(O)OCC[N+](C)(C)C. The van der Waals surface area contributed by atoms with Crippen LogP contribution in [0, 0.1) is 0 Å². The third kappa shape index (κ3) is 73.3. The molecule has 10 heteroatoms. The van der Waals surface area contributed by atoms with Gasteiger partial charge in [0.15, 0.2) is 6.10 Å². The van der Waals surface area contributed by atoms with Crippen LogP contribution in [0.25, 0.3) is 0 Å². The maximum Gasteiger partial charge on any atom is 0.472 e. The van der Waals surface area contributed by atoms with Gasteiger partial charge in [-0.1, -0.05) is 352 Å². The van der Waals surface area contributed by atoms with E-state index in [1.807, 2.05) is 21.1 Å². The Labute approximate surface area is 548 Å². The fourth-order valence-corrected chi connectivity index (χ4v) is 12.4. The molecule has 0 spiro atoms. The van der Waals surface area contributed by atoms with E-state index >= 15 is 0 Å².